The summed E-state index contributed by atoms with van der Waals surface area (Å²) >= 11 is 1.75. The van der Waals surface area contributed by atoms with Gasteiger partial charge in [-0.25, -0.2) is 9.97 Å². The Bertz CT molecular complexity index is 265. The molecule has 2 unspecified atom stereocenters. The van der Waals surface area contributed by atoms with Crippen LogP contribution in [0.25, 0.3) is 0 Å². The van der Waals surface area contributed by atoms with Crippen LogP contribution in [0.3, 0.4) is 0 Å². The van der Waals surface area contributed by atoms with Gasteiger partial charge < -0.3 is 5.73 Å². The van der Waals surface area contributed by atoms with Gasteiger partial charge in [-0.1, -0.05) is 11.8 Å². The van der Waals surface area contributed by atoms with E-state index < -0.39 is 0 Å². The van der Waals surface area contributed by atoms with Crippen molar-refractivity contribution in [3.63, 3.8) is 0 Å². The lowest BCUT2D eigenvalue weighted by Gasteiger charge is -2.06. The maximum atomic E-state index is 5.82. The molecule has 2 atom stereocenters. The summed E-state index contributed by atoms with van der Waals surface area (Å²) in [6.07, 6.45) is 7.01. The minimum atomic E-state index is 0.390. The van der Waals surface area contributed by atoms with Gasteiger partial charge in [0.25, 0.3) is 0 Å². The van der Waals surface area contributed by atoms with Gasteiger partial charge in [0.05, 0.1) is 0 Å². The van der Waals surface area contributed by atoms with Crippen LogP contribution in [-0.2, 0) is 0 Å². The fourth-order valence-corrected chi connectivity index (χ4v) is 2.71. The lowest BCUT2D eigenvalue weighted by molar-refractivity contribution is 0.705. The Labute approximate surface area is 82.2 Å². The fraction of sp³-hybridized carbons (Fsp3) is 0.556. The molecule has 0 aliphatic heterocycles. The van der Waals surface area contributed by atoms with Crippen LogP contribution in [-0.4, -0.2) is 21.3 Å². The number of nitrogens with two attached hydrogens (primary N) is 1. The predicted octanol–water partition coefficient (Wildman–Crippen LogP) is 1.45. The van der Waals surface area contributed by atoms with Crippen LogP contribution < -0.4 is 5.73 Å². The van der Waals surface area contributed by atoms with Crippen molar-refractivity contribution in [1.82, 2.24) is 9.97 Å². The average molecular weight is 195 g/mol. The Balaban J connectivity index is 1.92. The van der Waals surface area contributed by atoms with Crippen LogP contribution in [0.2, 0.25) is 0 Å². The molecule has 0 bridgehead atoms. The first-order chi connectivity index (χ1) is 6.34. The van der Waals surface area contributed by atoms with E-state index in [0.717, 1.165) is 18.0 Å². The molecule has 0 spiro atoms. The summed E-state index contributed by atoms with van der Waals surface area (Å²) in [5.41, 5.74) is 5.82. The van der Waals surface area contributed by atoms with Gasteiger partial charge >= 0.3 is 0 Å². The van der Waals surface area contributed by atoms with Crippen molar-refractivity contribution >= 4 is 11.8 Å². The molecule has 3 nitrogen and oxygen atoms in total. The minimum absolute atomic E-state index is 0.390. The molecule has 70 valence electrons. The van der Waals surface area contributed by atoms with E-state index >= 15 is 0 Å². The molecule has 0 aromatic carbocycles. The maximum absolute atomic E-state index is 5.82. The van der Waals surface area contributed by atoms with Crippen LogP contribution in [0.15, 0.2) is 23.6 Å². The van der Waals surface area contributed by atoms with Crippen LogP contribution in [0.5, 0.6) is 0 Å². The largest absolute Gasteiger partial charge is 0.328 e. The third kappa shape index (κ3) is 2.42. The molecule has 1 aromatic rings. The average Bonchev–Trinajstić information content (AvgIpc) is 2.53. The first kappa shape index (κ1) is 8.97. The standard InChI is InChI=1S/C9H13N3S/c10-7-2-3-8(6-7)13-9-11-4-1-5-12-9/h1,4-5,7-8H,2-3,6,10H2. The SMILES string of the molecule is NC1CCC(Sc2ncccn2)C1. The zero-order valence-corrected chi connectivity index (χ0v) is 8.20. The molecule has 2 rings (SSSR count). The first-order valence-corrected chi connectivity index (χ1v) is 5.42. The highest BCUT2D eigenvalue weighted by Gasteiger charge is 2.23. The lowest BCUT2D eigenvalue weighted by atomic mass is 10.3. The van der Waals surface area contributed by atoms with E-state index in [4.69, 9.17) is 5.73 Å². The second-order valence-electron chi connectivity index (χ2n) is 3.34. The second kappa shape index (κ2) is 4.07. The quantitative estimate of drug-likeness (QED) is 0.726. The van der Waals surface area contributed by atoms with Crippen molar-refractivity contribution in [2.24, 2.45) is 5.73 Å². The van der Waals surface area contributed by atoms with Crippen molar-refractivity contribution in [2.45, 2.75) is 35.7 Å². The molecule has 13 heavy (non-hydrogen) atoms. The summed E-state index contributed by atoms with van der Waals surface area (Å²) in [5, 5.41) is 1.50. The maximum Gasteiger partial charge on any atom is 0.187 e. The van der Waals surface area contributed by atoms with Gasteiger partial charge in [-0.15, -0.1) is 0 Å². The molecule has 0 radical (unpaired) electrons. The Kier molecular flexibility index (Phi) is 2.80. The third-order valence-corrected chi connectivity index (χ3v) is 3.42. The summed E-state index contributed by atoms with van der Waals surface area (Å²) < 4.78 is 0. The Hall–Kier alpha value is -0.610. The summed E-state index contributed by atoms with van der Waals surface area (Å²) in [4.78, 5) is 8.36. The van der Waals surface area contributed by atoms with E-state index in [9.17, 15) is 0 Å². The highest BCUT2D eigenvalue weighted by atomic mass is 32.2. The van der Waals surface area contributed by atoms with Gasteiger partial charge in [0, 0.05) is 23.7 Å². The predicted molar refractivity (Wildman–Crippen MR) is 53.5 cm³/mol. The highest BCUT2D eigenvalue weighted by Crippen LogP contribution is 2.31. The molecule has 1 aliphatic rings. The molecule has 4 heteroatoms. The van der Waals surface area contributed by atoms with E-state index in [1.807, 2.05) is 6.07 Å². The number of aromatic nitrogens is 2. The molecule has 0 saturated heterocycles. The molecule has 0 amide bonds. The van der Waals surface area contributed by atoms with E-state index in [1.165, 1.54) is 6.42 Å². The second-order valence-corrected chi connectivity index (χ2v) is 4.61. The molecule has 1 aromatic heterocycles. The number of hydrogen-bond acceptors (Lipinski definition) is 4. The molecular formula is C9H13N3S. The van der Waals surface area contributed by atoms with Gasteiger partial charge in [-0.2, -0.15) is 0 Å². The number of thioether (sulfide) groups is 1. The topological polar surface area (TPSA) is 51.8 Å². The lowest BCUT2D eigenvalue weighted by Crippen LogP contribution is -2.15. The highest BCUT2D eigenvalue weighted by molar-refractivity contribution is 7.99. The van der Waals surface area contributed by atoms with Crippen LogP contribution in [0.4, 0.5) is 0 Å². The number of nitrogens with zero attached hydrogens (tertiary/aromatic N) is 2. The van der Waals surface area contributed by atoms with Crippen molar-refractivity contribution in [3.8, 4) is 0 Å². The van der Waals surface area contributed by atoms with Crippen LogP contribution in [0, 0.1) is 0 Å². The van der Waals surface area contributed by atoms with Crippen molar-refractivity contribution < 1.29 is 0 Å². The molecular weight excluding hydrogens is 182 g/mol. The zero-order valence-electron chi connectivity index (χ0n) is 7.39. The van der Waals surface area contributed by atoms with Crippen LogP contribution >= 0.6 is 11.8 Å². The van der Waals surface area contributed by atoms with Gasteiger partial charge in [0.2, 0.25) is 0 Å². The summed E-state index contributed by atoms with van der Waals surface area (Å²) in [5.74, 6) is 0. The van der Waals surface area contributed by atoms with E-state index in [1.54, 1.807) is 24.2 Å². The number of hydrogen-bond donors (Lipinski definition) is 1. The van der Waals surface area contributed by atoms with E-state index in [0.29, 0.717) is 11.3 Å². The van der Waals surface area contributed by atoms with Gasteiger partial charge in [-0.05, 0) is 25.3 Å². The molecule has 1 aliphatic carbocycles. The normalized spacial score (nSPS) is 27.8. The summed E-state index contributed by atoms with van der Waals surface area (Å²) in [6, 6.07) is 2.23. The van der Waals surface area contributed by atoms with E-state index in [2.05, 4.69) is 9.97 Å². The van der Waals surface area contributed by atoms with Crippen molar-refractivity contribution in [2.75, 3.05) is 0 Å². The van der Waals surface area contributed by atoms with Crippen molar-refractivity contribution in [3.05, 3.63) is 18.5 Å². The molecule has 2 N–H and O–H groups in total. The third-order valence-electron chi connectivity index (χ3n) is 2.24. The molecule has 1 fully saturated rings. The molecule has 1 heterocycles. The van der Waals surface area contributed by atoms with E-state index in [-0.39, 0.29) is 0 Å². The first-order valence-electron chi connectivity index (χ1n) is 4.54. The zero-order chi connectivity index (χ0) is 9.10. The molecule has 1 saturated carbocycles. The Morgan fingerprint density at radius 3 is 2.69 bits per heavy atom. The Morgan fingerprint density at radius 2 is 2.08 bits per heavy atom. The van der Waals surface area contributed by atoms with Crippen LogP contribution in [0.1, 0.15) is 19.3 Å². The smallest absolute Gasteiger partial charge is 0.187 e. The monoisotopic (exact) mass is 195 g/mol. The van der Waals surface area contributed by atoms with Gasteiger partial charge in [-0.3, -0.25) is 0 Å². The van der Waals surface area contributed by atoms with Gasteiger partial charge in [0.15, 0.2) is 5.16 Å². The fourth-order valence-electron chi connectivity index (χ4n) is 1.58. The minimum Gasteiger partial charge on any atom is -0.328 e. The van der Waals surface area contributed by atoms with Gasteiger partial charge in [0.1, 0.15) is 0 Å². The summed E-state index contributed by atoms with van der Waals surface area (Å²) in [7, 11) is 0. The number of rotatable bonds is 2. The van der Waals surface area contributed by atoms with Crippen molar-refractivity contribution in [1.29, 1.82) is 0 Å². The summed E-state index contributed by atoms with van der Waals surface area (Å²) in [6.45, 7) is 0. The Morgan fingerprint density at radius 1 is 1.31 bits per heavy atom.